The molecule has 6 nitrogen and oxygen atoms in total. The van der Waals surface area contributed by atoms with Gasteiger partial charge in [-0.25, -0.2) is 4.39 Å². The smallest absolute Gasteiger partial charge is 0.191 e. The molecule has 2 aromatic rings. The molecule has 142 valence electrons. The number of nitrogens with zero attached hydrogens (tertiary/aromatic N) is 3. The van der Waals surface area contributed by atoms with Crippen molar-refractivity contribution in [3.05, 3.63) is 53.2 Å². The van der Waals surface area contributed by atoms with Crippen LogP contribution in [0.5, 0.6) is 0 Å². The summed E-state index contributed by atoms with van der Waals surface area (Å²) >= 11 is 0. The van der Waals surface area contributed by atoms with Gasteiger partial charge in [-0.15, -0.1) is 0 Å². The van der Waals surface area contributed by atoms with Gasteiger partial charge in [-0.1, -0.05) is 31.1 Å². The van der Waals surface area contributed by atoms with E-state index in [-0.39, 0.29) is 5.82 Å². The summed E-state index contributed by atoms with van der Waals surface area (Å²) in [5.74, 6) is 1.63. The summed E-state index contributed by atoms with van der Waals surface area (Å²) in [5.41, 5.74) is 2.04. The van der Waals surface area contributed by atoms with Crippen LogP contribution in [0.15, 0.2) is 39.8 Å². The zero-order valence-electron chi connectivity index (χ0n) is 15.9. The summed E-state index contributed by atoms with van der Waals surface area (Å²) in [4.78, 5) is 6.37. The summed E-state index contributed by atoms with van der Waals surface area (Å²) in [6, 6.07) is 8.55. The largest absolute Gasteiger partial charge is 0.359 e. The first-order valence-corrected chi connectivity index (χ1v) is 8.81. The van der Waals surface area contributed by atoms with Crippen LogP contribution in [0.1, 0.15) is 36.8 Å². The first kappa shape index (κ1) is 19.9. The molecular weight excluding hydrogens is 333 g/mol. The summed E-state index contributed by atoms with van der Waals surface area (Å²) in [6.45, 7) is 7.04. The average Bonchev–Trinajstić information content (AvgIpc) is 3.09. The molecule has 2 N–H and O–H groups in total. The van der Waals surface area contributed by atoms with Gasteiger partial charge in [0.1, 0.15) is 5.82 Å². The van der Waals surface area contributed by atoms with Gasteiger partial charge in [0.2, 0.25) is 0 Å². The lowest BCUT2D eigenvalue weighted by molar-refractivity contribution is 0.330. The lowest BCUT2D eigenvalue weighted by atomic mass is 10.1. The van der Waals surface area contributed by atoms with Crippen molar-refractivity contribution >= 4 is 5.96 Å². The van der Waals surface area contributed by atoms with E-state index in [2.05, 4.69) is 39.5 Å². The number of benzene rings is 1. The van der Waals surface area contributed by atoms with Gasteiger partial charge < -0.3 is 20.1 Å². The van der Waals surface area contributed by atoms with E-state index in [9.17, 15) is 4.39 Å². The van der Waals surface area contributed by atoms with Crippen LogP contribution in [0.2, 0.25) is 0 Å². The number of likely N-dealkylation sites (N-methyl/N-ethyl adjacent to an activating group) is 1. The molecule has 26 heavy (non-hydrogen) atoms. The summed E-state index contributed by atoms with van der Waals surface area (Å²) < 4.78 is 18.2. The molecular formula is C19H28FN5O. The number of guanidine groups is 1. The molecule has 0 aliphatic rings. The second-order valence-corrected chi connectivity index (χ2v) is 6.59. The number of hydrogen-bond donors (Lipinski definition) is 2. The van der Waals surface area contributed by atoms with E-state index in [0.717, 1.165) is 36.7 Å². The van der Waals surface area contributed by atoms with Crippen LogP contribution < -0.4 is 10.6 Å². The van der Waals surface area contributed by atoms with Crippen molar-refractivity contribution in [1.82, 2.24) is 20.7 Å². The van der Waals surface area contributed by atoms with Gasteiger partial charge in [0.25, 0.3) is 0 Å². The molecule has 0 spiro atoms. The standard InChI is InChI=1S/C19H28FN5O/c1-14(2)18-11-17(26-24-18)12-23-19(21-3)22-9-10-25(4)13-15-5-7-16(20)8-6-15/h5-8,11,14H,9-10,12-13H2,1-4H3,(H2,21,22,23). The Morgan fingerprint density at radius 3 is 2.62 bits per heavy atom. The van der Waals surface area contributed by atoms with E-state index in [4.69, 9.17) is 4.52 Å². The van der Waals surface area contributed by atoms with Crippen molar-refractivity contribution in [1.29, 1.82) is 0 Å². The normalized spacial score (nSPS) is 12.0. The second-order valence-electron chi connectivity index (χ2n) is 6.59. The second kappa shape index (κ2) is 9.91. The quantitative estimate of drug-likeness (QED) is 0.559. The van der Waals surface area contributed by atoms with Crippen molar-refractivity contribution in [2.24, 2.45) is 4.99 Å². The molecule has 0 saturated heterocycles. The van der Waals surface area contributed by atoms with E-state index < -0.39 is 0 Å². The van der Waals surface area contributed by atoms with Crippen molar-refractivity contribution in [2.75, 3.05) is 27.2 Å². The SMILES string of the molecule is CN=C(NCCN(C)Cc1ccc(F)cc1)NCc1cc(C(C)C)no1. The Morgan fingerprint density at radius 1 is 1.27 bits per heavy atom. The molecule has 0 radical (unpaired) electrons. The third kappa shape index (κ3) is 6.48. The van der Waals surface area contributed by atoms with Crippen molar-refractivity contribution in [3.63, 3.8) is 0 Å². The van der Waals surface area contributed by atoms with Gasteiger partial charge in [-0.05, 0) is 30.7 Å². The first-order valence-electron chi connectivity index (χ1n) is 8.81. The number of nitrogens with one attached hydrogen (secondary N) is 2. The molecule has 0 saturated carbocycles. The lowest BCUT2D eigenvalue weighted by Gasteiger charge is -2.18. The maximum absolute atomic E-state index is 12.9. The van der Waals surface area contributed by atoms with Gasteiger partial charge in [0.15, 0.2) is 11.7 Å². The zero-order valence-corrected chi connectivity index (χ0v) is 15.9. The summed E-state index contributed by atoms with van der Waals surface area (Å²) in [7, 11) is 3.76. The predicted octanol–water partition coefficient (Wildman–Crippen LogP) is 2.73. The Balaban J connectivity index is 1.70. The summed E-state index contributed by atoms with van der Waals surface area (Å²) in [5, 5.41) is 10.5. The van der Waals surface area contributed by atoms with E-state index in [1.54, 1.807) is 7.05 Å². The molecule has 1 aromatic carbocycles. The monoisotopic (exact) mass is 361 g/mol. The average molecular weight is 361 g/mol. The molecule has 0 unspecified atom stereocenters. The van der Waals surface area contributed by atoms with Crippen molar-refractivity contribution < 1.29 is 8.91 Å². The van der Waals surface area contributed by atoms with Crippen LogP contribution in [0, 0.1) is 5.82 Å². The first-order chi connectivity index (χ1) is 12.5. The molecule has 0 aliphatic carbocycles. The molecule has 2 rings (SSSR count). The molecule has 1 aromatic heterocycles. The number of aromatic nitrogens is 1. The molecule has 0 bridgehead atoms. The Morgan fingerprint density at radius 2 is 2.00 bits per heavy atom. The van der Waals surface area contributed by atoms with Crippen molar-refractivity contribution in [3.8, 4) is 0 Å². The minimum atomic E-state index is -0.208. The van der Waals surface area contributed by atoms with E-state index in [1.165, 1.54) is 12.1 Å². The van der Waals surface area contributed by atoms with Gasteiger partial charge in [-0.2, -0.15) is 0 Å². The minimum absolute atomic E-state index is 0.208. The number of aliphatic imine (C=N–C) groups is 1. The third-order valence-corrected chi connectivity index (χ3v) is 3.97. The van der Waals surface area contributed by atoms with Gasteiger partial charge in [0.05, 0.1) is 12.2 Å². The third-order valence-electron chi connectivity index (χ3n) is 3.97. The molecule has 7 heteroatoms. The van der Waals surface area contributed by atoms with Gasteiger partial charge in [-0.3, -0.25) is 4.99 Å². The molecule has 0 fully saturated rings. The highest BCUT2D eigenvalue weighted by molar-refractivity contribution is 5.79. The fourth-order valence-electron chi connectivity index (χ4n) is 2.42. The number of halogens is 1. The van der Waals surface area contributed by atoms with E-state index in [1.807, 2.05) is 25.2 Å². The van der Waals surface area contributed by atoms with Crippen LogP contribution in [0.4, 0.5) is 4.39 Å². The van der Waals surface area contributed by atoms with Crippen LogP contribution in [0.25, 0.3) is 0 Å². The highest BCUT2D eigenvalue weighted by Crippen LogP contribution is 2.13. The highest BCUT2D eigenvalue weighted by atomic mass is 19.1. The number of hydrogen-bond acceptors (Lipinski definition) is 4. The van der Waals surface area contributed by atoms with Crippen LogP contribution in [-0.2, 0) is 13.1 Å². The molecule has 1 heterocycles. The van der Waals surface area contributed by atoms with Crippen LogP contribution >= 0.6 is 0 Å². The Kier molecular flexibility index (Phi) is 7.59. The van der Waals surface area contributed by atoms with Crippen LogP contribution in [-0.4, -0.2) is 43.2 Å². The van der Waals surface area contributed by atoms with Crippen LogP contribution in [0.3, 0.4) is 0 Å². The molecule has 0 aliphatic heterocycles. The van der Waals surface area contributed by atoms with Gasteiger partial charge >= 0.3 is 0 Å². The molecule has 0 atom stereocenters. The lowest BCUT2D eigenvalue weighted by Crippen LogP contribution is -2.40. The van der Waals surface area contributed by atoms with E-state index >= 15 is 0 Å². The predicted molar refractivity (Wildman–Crippen MR) is 102 cm³/mol. The fraction of sp³-hybridized carbons (Fsp3) is 0.474. The van der Waals surface area contributed by atoms with Gasteiger partial charge in [0, 0.05) is 32.7 Å². The Bertz CT molecular complexity index is 696. The molecule has 0 amide bonds. The Hall–Kier alpha value is -2.41. The fourth-order valence-corrected chi connectivity index (χ4v) is 2.42. The maximum atomic E-state index is 12.9. The van der Waals surface area contributed by atoms with Crippen molar-refractivity contribution in [2.45, 2.75) is 32.9 Å². The van der Waals surface area contributed by atoms with E-state index in [0.29, 0.717) is 18.4 Å². The maximum Gasteiger partial charge on any atom is 0.191 e. The number of rotatable bonds is 8. The topological polar surface area (TPSA) is 65.7 Å². The minimum Gasteiger partial charge on any atom is -0.359 e. The Labute approximate surface area is 154 Å². The summed E-state index contributed by atoms with van der Waals surface area (Å²) in [6.07, 6.45) is 0. The zero-order chi connectivity index (χ0) is 18.9. The highest BCUT2D eigenvalue weighted by Gasteiger charge is 2.08.